The van der Waals surface area contributed by atoms with Gasteiger partial charge in [0, 0.05) is 39.3 Å². The van der Waals surface area contributed by atoms with E-state index in [-0.39, 0.29) is 11.9 Å². The Morgan fingerprint density at radius 1 is 1.13 bits per heavy atom. The maximum Gasteiger partial charge on any atom is 0.191 e. The van der Waals surface area contributed by atoms with Gasteiger partial charge in [-0.3, -0.25) is 9.89 Å². The van der Waals surface area contributed by atoms with E-state index >= 15 is 0 Å². The predicted octanol–water partition coefficient (Wildman–Crippen LogP) is 2.79. The lowest BCUT2D eigenvalue weighted by Crippen LogP contribution is -2.41. The molecule has 0 spiro atoms. The Labute approximate surface area is 178 Å². The average Bonchev–Trinajstić information content (AvgIpc) is 2.75. The summed E-state index contributed by atoms with van der Waals surface area (Å²) in [6, 6.07) is 14.6. The summed E-state index contributed by atoms with van der Waals surface area (Å²) in [5.74, 6) is 0.913. The largest absolute Gasteiger partial charge is 0.489 e. The highest BCUT2D eigenvalue weighted by molar-refractivity contribution is 5.79. The van der Waals surface area contributed by atoms with Crippen molar-refractivity contribution in [2.75, 3.05) is 39.9 Å². The molecule has 2 aromatic carbocycles. The molecule has 0 radical (unpaired) electrons. The van der Waals surface area contributed by atoms with E-state index in [2.05, 4.69) is 44.8 Å². The Morgan fingerprint density at radius 2 is 1.90 bits per heavy atom. The summed E-state index contributed by atoms with van der Waals surface area (Å²) in [6.45, 7) is 7.61. The van der Waals surface area contributed by atoms with Crippen molar-refractivity contribution in [2.24, 2.45) is 4.99 Å². The van der Waals surface area contributed by atoms with Crippen LogP contribution in [0.25, 0.3) is 0 Å². The average molecular weight is 415 g/mol. The Hall–Kier alpha value is -2.64. The summed E-state index contributed by atoms with van der Waals surface area (Å²) in [5, 5.41) is 6.64. The zero-order chi connectivity index (χ0) is 21.2. The van der Waals surface area contributed by atoms with Gasteiger partial charge >= 0.3 is 0 Å². The zero-order valence-electron chi connectivity index (χ0n) is 17.7. The van der Waals surface area contributed by atoms with Crippen LogP contribution in [0, 0.1) is 5.82 Å². The second kappa shape index (κ2) is 11.5. The molecule has 6 nitrogen and oxygen atoms in total. The molecular formula is C23H31FN4O2. The van der Waals surface area contributed by atoms with Crippen molar-refractivity contribution in [3.05, 3.63) is 65.5 Å². The van der Waals surface area contributed by atoms with Crippen LogP contribution in [0.1, 0.15) is 18.1 Å². The molecule has 0 bridgehead atoms. The maximum atomic E-state index is 13.3. The number of guanidine groups is 1. The number of nitrogens with zero attached hydrogens (tertiary/aromatic N) is 2. The minimum absolute atomic E-state index is 0.140. The highest BCUT2D eigenvalue weighted by atomic mass is 19.1. The van der Waals surface area contributed by atoms with Crippen molar-refractivity contribution < 1.29 is 13.9 Å². The van der Waals surface area contributed by atoms with Gasteiger partial charge in [0.05, 0.1) is 19.8 Å². The van der Waals surface area contributed by atoms with Gasteiger partial charge in [-0.25, -0.2) is 4.39 Å². The van der Waals surface area contributed by atoms with Crippen molar-refractivity contribution in [3.63, 3.8) is 0 Å². The molecule has 0 amide bonds. The monoisotopic (exact) mass is 414 g/mol. The molecular weight excluding hydrogens is 383 g/mol. The lowest BCUT2D eigenvalue weighted by molar-refractivity contribution is 0.0341. The molecule has 1 aliphatic heterocycles. The number of halogens is 1. The fourth-order valence-electron chi connectivity index (χ4n) is 3.34. The predicted molar refractivity (Wildman–Crippen MR) is 117 cm³/mol. The summed E-state index contributed by atoms with van der Waals surface area (Å²) >= 11 is 0. The molecule has 162 valence electrons. The Morgan fingerprint density at radius 3 is 2.63 bits per heavy atom. The molecule has 3 rings (SSSR count). The smallest absolute Gasteiger partial charge is 0.191 e. The summed E-state index contributed by atoms with van der Waals surface area (Å²) in [4.78, 5) is 6.71. The van der Waals surface area contributed by atoms with Crippen molar-refractivity contribution in [1.82, 2.24) is 15.5 Å². The van der Waals surface area contributed by atoms with E-state index in [1.165, 1.54) is 23.3 Å². The van der Waals surface area contributed by atoms with Gasteiger partial charge in [-0.1, -0.05) is 30.3 Å². The van der Waals surface area contributed by atoms with E-state index < -0.39 is 0 Å². The number of aliphatic imine (C=N–C) groups is 1. The molecule has 2 N–H and O–H groups in total. The molecule has 1 heterocycles. The number of ether oxygens (including phenoxy) is 2. The van der Waals surface area contributed by atoms with E-state index in [1.807, 2.05) is 6.92 Å². The van der Waals surface area contributed by atoms with Crippen LogP contribution in [-0.2, 0) is 17.8 Å². The van der Waals surface area contributed by atoms with E-state index in [0.29, 0.717) is 24.8 Å². The van der Waals surface area contributed by atoms with Crippen molar-refractivity contribution in [3.8, 4) is 5.75 Å². The van der Waals surface area contributed by atoms with Crippen molar-refractivity contribution in [2.45, 2.75) is 26.1 Å². The summed E-state index contributed by atoms with van der Waals surface area (Å²) < 4.78 is 24.5. The molecule has 0 aliphatic carbocycles. The van der Waals surface area contributed by atoms with Gasteiger partial charge in [0.1, 0.15) is 17.7 Å². The third-order valence-electron chi connectivity index (χ3n) is 4.98. The molecule has 0 aromatic heterocycles. The number of hydrogen-bond donors (Lipinski definition) is 2. The summed E-state index contributed by atoms with van der Waals surface area (Å²) in [7, 11) is 1.74. The van der Waals surface area contributed by atoms with E-state index in [9.17, 15) is 4.39 Å². The van der Waals surface area contributed by atoms with E-state index in [1.54, 1.807) is 19.2 Å². The van der Waals surface area contributed by atoms with Gasteiger partial charge in [0.2, 0.25) is 0 Å². The van der Waals surface area contributed by atoms with E-state index in [0.717, 1.165) is 32.8 Å². The maximum absolute atomic E-state index is 13.3. The molecule has 1 unspecified atom stereocenters. The second-order valence-corrected chi connectivity index (χ2v) is 7.35. The normalized spacial score (nSPS) is 16.2. The minimum atomic E-state index is -0.305. The van der Waals surface area contributed by atoms with Crippen LogP contribution < -0.4 is 15.4 Å². The third kappa shape index (κ3) is 7.00. The molecule has 1 aliphatic rings. The lowest BCUT2D eigenvalue weighted by atomic mass is 10.1. The fraction of sp³-hybridized carbons (Fsp3) is 0.435. The summed E-state index contributed by atoms with van der Waals surface area (Å²) in [5.41, 5.74) is 2.56. The van der Waals surface area contributed by atoms with Gasteiger partial charge in [0.15, 0.2) is 5.96 Å². The van der Waals surface area contributed by atoms with Gasteiger partial charge in [0.25, 0.3) is 0 Å². The van der Waals surface area contributed by atoms with Gasteiger partial charge in [-0.05, 0) is 30.2 Å². The molecule has 0 saturated carbocycles. The first-order chi connectivity index (χ1) is 14.6. The Balaban J connectivity index is 1.48. The van der Waals surface area contributed by atoms with Crippen molar-refractivity contribution in [1.29, 1.82) is 0 Å². The summed E-state index contributed by atoms with van der Waals surface area (Å²) in [6.07, 6.45) is -0.140. The quantitative estimate of drug-likeness (QED) is 0.514. The van der Waals surface area contributed by atoms with Crippen LogP contribution in [-0.4, -0.2) is 56.9 Å². The topological polar surface area (TPSA) is 58.1 Å². The molecule has 1 atom stereocenters. The first kappa shape index (κ1) is 22.1. The minimum Gasteiger partial charge on any atom is -0.489 e. The first-order valence-corrected chi connectivity index (χ1v) is 10.4. The lowest BCUT2D eigenvalue weighted by Gasteiger charge is -2.27. The van der Waals surface area contributed by atoms with Gasteiger partial charge in [-0.2, -0.15) is 0 Å². The van der Waals surface area contributed by atoms with E-state index in [4.69, 9.17) is 9.47 Å². The molecule has 1 saturated heterocycles. The molecule has 30 heavy (non-hydrogen) atoms. The standard InChI is InChI=1S/C23H31FN4O2/c1-18(30-22-9-5-8-21(24)14-22)15-26-23(25-2)27-16-19-6-3-4-7-20(19)17-28-10-12-29-13-11-28/h3-9,14,18H,10-13,15-17H2,1-2H3,(H2,25,26,27). The molecule has 1 fully saturated rings. The number of rotatable bonds is 8. The zero-order valence-corrected chi connectivity index (χ0v) is 17.7. The Bertz CT molecular complexity index is 824. The SMILES string of the molecule is CN=C(NCc1ccccc1CN1CCOCC1)NCC(C)Oc1cccc(F)c1. The van der Waals surface area contributed by atoms with Crippen LogP contribution in [0.4, 0.5) is 4.39 Å². The number of nitrogens with one attached hydrogen (secondary N) is 2. The first-order valence-electron chi connectivity index (χ1n) is 10.4. The third-order valence-corrected chi connectivity index (χ3v) is 4.98. The van der Waals surface area contributed by atoms with Crippen LogP contribution in [0.5, 0.6) is 5.75 Å². The second-order valence-electron chi connectivity index (χ2n) is 7.35. The van der Waals surface area contributed by atoms with Crippen LogP contribution in [0.2, 0.25) is 0 Å². The van der Waals surface area contributed by atoms with Gasteiger partial charge in [-0.15, -0.1) is 0 Å². The molecule has 7 heteroatoms. The highest BCUT2D eigenvalue weighted by Crippen LogP contribution is 2.14. The number of morpholine rings is 1. The number of benzene rings is 2. The molecule has 2 aromatic rings. The van der Waals surface area contributed by atoms with Crippen LogP contribution in [0.15, 0.2) is 53.5 Å². The van der Waals surface area contributed by atoms with Crippen LogP contribution >= 0.6 is 0 Å². The van der Waals surface area contributed by atoms with Crippen molar-refractivity contribution >= 4 is 5.96 Å². The Kier molecular flexibility index (Phi) is 8.47. The van der Waals surface area contributed by atoms with Crippen LogP contribution in [0.3, 0.4) is 0 Å². The number of hydrogen-bond acceptors (Lipinski definition) is 4. The highest BCUT2D eigenvalue weighted by Gasteiger charge is 2.13. The van der Waals surface area contributed by atoms with Gasteiger partial charge < -0.3 is 20.1 Å². The fourth-order valence-corrected chi connectivity index (χ4v) is 3.34.